The maximum absolute atomic E-state index is 15.2. The molecule has 0 atom stereocenters. The van der Waals surface area contributed by atoms with Crippen LogP contribution in [0.2, 0.25) is 0 Å². The highest BCUT2D eigenvalue weighted by molar-refractivity contribution is 5.98. The molecule has 0 unspecified atom stereocenters. The van der Waals surface area contributed by atoms with Crippen LogP contribution in [0.5, 0.6) is 23.1 Å². The fourth-order valence-electron chi connectivity index (χ4n) is 4.79. The van der Waals surface area contributed by atoms with Crippen LogP contribution in [-0.2, 0) is 19.6 Å². The average molecular weight is 588 g/mol. The van der Waals surface area contributed by atoms with E-state index in [1.54, 1.807) is 17.6 Å². The van der Waals surface area contributed by atoms with Crippen molar-refractivity contribution < 1.29 is 32.9 Å². The topological polar surface area (TPSA) is 113 Å². The summed E-state index contributed by atoms with van der Waals surface area (Å²) < 4.78 is 46.7. The molecule has 11 heteroatoms. The van der Waals surface area contributed by atoms with Crippen LogP contribution >= 0.6 is 0 Å². The van der Waals surface area contributed by atoms with Crippen LogP contribution in [-0.4, -0.2) is 39.6 Å². The largest absolute Gasteiger partial charge is 0.491 e. The third-order valence-electron chi connectivity index (χ3n) is 6.92. The summed E-state index contributed by atoms with van der Waals surface area (Å²) in [4.78, 5) is 35.5. The van der Waals surface area contributed by atoms with E-state index in [0.29, 0.717) is 40.1 Å². The van der Waals surface area contributed by atoms with E-state index < -0.39 is 29.5 Å². The number of carbonyl (C=O) groups is 1. The number of aryl methyl sites for hydroxylation is 1. The Bertz CT molecular complexity index is 1890. The molecule has 220 valence electrons. The average Bonchev–Trinajstić information content (AvgIpc) is 3.01. The van der Waals surface area contributed by atoms with Gasteiger partial charge in [-0.15, -0.1) is 0 Å². The Kier molecular flexibility index (Phi) is 8.44. The molecule has 0 aliphatic rings. The first kappa shape index (κ1) is 29.3. The lowest BCUT2D eigenvalue weighted by Gasteiger charge is -2.17. The van der Waals surface area contributed by atoms with Gasteiger partial charge < -0.3 is 23.9 Å². The van der Waals surface area contributed by atoms with Crippen LogP contribution in [0.1, 0.15) is 28.5 Å². The normalized spacial score (nSPS) is 11.0. The predicted molar refractivity (Wildman–Crippen MR) is 155 cm³/mol. The zero-order chi connectivity index (χ0) is 30.7. The molecule has 5 aromatic rings. The van der Waals surface area contributed by atoms with E-state index in [4.69, 9.17) is 14.2 Å². The first-order valence-electron chi connectivity index (χ1n) is 13.3. The van der Waals surface area contributed by atoms with Crippen LogP contribution in [0.15, 0.2) is 71.8 Å². The van der Waals surface area contributed by atoms with E-state index in [9.17, 15) is 19.1 Å². The van der Waals surface area contributed by atoms with Crippen molar-refractivity contribution in [2.45, 2.75) is 26.5 Å². The van der Waals surface area contributed by atoms with Crippen molar-refractivity contribution in [3.8, 4) is 34.3 Å². The molecule has 5 rings (SSSR count). The van der Waals surface area contributed by atoms with Crippen molar-refractivity contribution in [2.24, 2.45) is 0 Å². The van der Waals surface area contributed by atoms with Gasteiger partial charge in [0.05, 0.1) is 43.2 Å². The molecule has 0 spiro atoms. The molecule has 3 heterocycles. The summed E-state index contributed by atoms with van der Waals surface area (Å²) in [5.41, 5.74) is 1.14. The summed E-state index contributed by atoms with van der Waals surface area (Å²) in [5.74, 6) is -1.06. The highest BCUT2D eigenvalue weighted by Gasteiger charge is 2.22. The van der Waals surface area contributed by atoms with Gasteiger partial charge in [0.25, 0.3) is 5.88 Å². The van der Waals surface area contributed by atoms with E-state index in [1.807, 2.05) is 0 Å². The number of methoxy groups -OCH3 is 2. The number of pyridine rings is 3. The Morgan fingerprint density at radius 2 is 1.74 bits per heavy atom. The molecule has 2 aromatic carbocycles. The molecule has 0 amide bonds. The monoisotopic (exact) mass is 587 g/mol. The number of benzene rings is 2. The molecule has 9 nitrogen and oxygen atoms in total. The smallest absolute Gasteiger partial charge is 0.257 e. The van der Waals surface area contributed by atoms with Crippen LogP contribution in [0.25, 0.3) is 22.2 Å². The number of nitrogens with zero attached hydrogens (tertiary/aromatic N) is 3. The number of ether oxygens (including phenoxy) is 3. The zero-order valence-electron chi connectivity index (χ0n) is 23.6. The van der Waals surface area contributed by atoms with Crippen molar-refractivity contribution in [1.29, 1.82) is 0 Å². The van der Waals surface area contributed by atoms with E-state index >= 15 is 4.39 Å². The molecule has 43 heavy (non-hydrogen) atoms. The van der Waals surface area contributed by atoms with Crippen molar-refractivity contribution in [3.05, 3.63) is 106 Å². The van der Waals surface area contributed by atoms with E-state index in [2.05, 4.69) is 9.97 Å². The lowest BCUT2D eigenvalue weighted by atomic mass is 9.97. The first-order valence-corrected chi connectivity index (χ1v) is 13.3. The van der Waals surface area contributed by atoms with Crippen molar-refractivity contribution in [1.82, 2.24) is 14.5 Å². The molecule has 0 fully saturated rings. The molecule has 0 aliphatic heterocycles. The van der Waals surface area contributed by atoms with Gasteiger partial charge in [-0.05, 0) is 42.3 Å². The minimum absolute atomic E-state index is 0.109. The highest BCUT2D eigenvalue weighted by atomic mass is 19.1. The minimum Gasteiger partial charge on any atom is -0.491 e. The fourth-order valence-corrected chi connectivity index (χ4v) is 4.79. The number of ketones is 1. The standard InChI is InChI=1S/C32H27F2N3O6/c1-4-37-16-21(31(40)29(24(37)17-38)19-6-8-20(33)9-7-19)25(39)14-18-5-10-26(22(34)13-18)43-27-11-12-35-23-15-28(41-2)32(42-3)36-30(23)27/h5-13,15-16,38H,4,14,17H2,1-3H3. The van der Waals surface area contributed by atoms with Gasteiger partial charge in [-0.1, -0.05) is 18.2 Å². The lowest BCUT2D eigenvalue weighted by molar-refractivity contribution is 0.0991. The second-order valence-electron chi connectivity index (χ2n) is 9.49. The van der Waals surface area contributed by atoms with E-state index in [0.717, 1.165) is 6.07 Å². The Balaban J connectivity index is 1.44. The molecule has 0 aliphatic carbocycles. The molecular formula is C32H27F2N3O6. The Morgan fingerprint density at radius 3 is 2.40 bits per heavy atom. The van der Waals surface area contributed by atoms with Gasteiger partial charge in [0.15, 0.2) is 28.8 Å². The maximum atomic E-state index is 15.2. The number of rotatable bonds is 10. The minimum atomic E-state index is -0.732. The molecule has 3 aromatic heterocycles. The number of aromatic nitrogens is 3. The summed E-state index contributed by atoms with van der Waals surface area (Å²) in [6, 6.07) is 12.5. The summed E-state index contributed by atoms with van der Waals surface area (Å²) in [5, 5.41) is 10.0. The van der Waals surface area contributed by atoms with E-state index in [-0.39, 0.29) is 34.9 Å². The second-order valence-corrected chi connectivity index (χ2v) is 9.49. The van der Waals surface area contributed by atoms with Crippen LogP contribution in [0, 0.1) is 11.6 Å². The van der Waals surface area contributed by atoms with Crippen molar-refractivity contribution >= 4 is 16.8 Å². The van der Waals surface area contributed by atoms with Crippen molar-refractivity contribution in [3.63, 3.8) is 0 Å². The van der Waals surface area contributed by atoms with E-state index in [1.165, 1.54) is 69.1 Å². The van der Waals surface area contributed by atoms with Gasteiger partial charge in [-0.3, -0.25) is 14.6 Å². The quantitative estimate of drug-likeness (QED) is 0.214. The SMILES string of the molecule is CCn1cc(C(=O)Cc2ccc(Oc3ccnc4cc(OC)c(OC)nc34)c(F)c2)c(=O)c(-c2ccc(F)cc2)c1CO. The van der Waals surface area contributed by atoms with Gasteiger partial charge in [0.1, 0.15) is 11.3 Å². The molecule has 0 saturated carbocycles. The number of carbonyl (C=O) groups excluding carboxylic acids is 1. The predicted octanol–water partition coefficient (Wildman–Crippen LogP) is 5.48. The van der Waals surface area contributed by atoms with Crippen LogP contribution < -0.4 is 19.6 Å². The van der Waals surface area contributed by atoms with Gasteiger partial charge >= 0.3 is 0 Å². The molecule has 0 saturated heterocycles. The Hall–Kier alpha value is -5.16. The molecule has 0 bridgehead atoms. The van der Waals surface area contributed by atoms with Gasteiger partial charge in [-0.2, -0.15) is 0 Å². The van der Waals surface area contributed by atoms with Crippen LogP contribution in [0.3, 0.4) is 0 Å². The number of hydrogen-bond donors (Lipinski definition) is 1. The molecule has 1 N–H and O–H groups in total. The maximum Gasteiger partial charge on any atom is 0.257 e. The van der Waals surface area contributed by atoms with Gasteiger partial charge in [0, 0.05) is 37.5 Å². The first-order chi connectivity index (χ1) is 20.8. The Labute approximate surface area is 244 Å². The third-order valence-corrected chi connectivity index (χ3v) is 6.92. The third kappa shape index (κ3) is 5.80. The van der Waals surface area contributed by atoms with Crippen molar-refractivity contribution in [2.75, 3.05) is 14.2 Å². The zero-order valence-corrected chi connectivity index (χ0v) is 23.6. The van der Waals surface area contributed by atoms with Gasteiger partial charge in [0.2, 0.25) is 5.43 Å². The number of fused-ring (bicyclic) bond motifs is 1. The second kappa shape index (κ2) is 12.4. The summed E-state index contributed by atoms with van der Waals surface area (Å²) in [6.07, 6.45) is 2.61. The molecule has 0 radical (unpaired) electrons. The highest BCUT2D eigenvalue weighted by Crippen LogP contribution is 2.35. The lowest BCUT2D eigenvalue weighted by Crippen LogP contribution is -2.24. The number of aliphatic hydroxyl groups is 1. The summed E-state index contributed by atoms with van der Waals surface area (Å²) in [7, 11) is 2.91. The van der Waals surface area contributed by atoms with Gasteiger partial charge in [-0.25, -0.2) is 13.8 Å². The summed E-state index contributed by atoms with van der Waals surface area (Å²) in [6.45, 7) is 1.70. The molecular weight excluding hydrogens is 560 g/mol. The fraction of sp³-hybridized carbons (Fsp3) is 0.188. The summed E-state index contributed by atoms with van der Waals surface area (Å²) >= 11 is 0. The van der Waals surface area contributed by atoms with Crippen LogP contribution in [0.4, 0.5) is 8.78 Å². The number of halogens is 2. The number of Topliss-reactive ketones (excluding diaryl/α,β-unsaturated/α-hetero) is 1. The number of aliphatic hydroxyl groups excluding tert-OH is 1. The Morgan fingerprint density at radius 1 is 0.977 bits per heavy atom. The number of hydrogen-bond acceptors (Lipinski definition) is 8.